The van der Waals surface area contributed by atoms with Gasteiger partial charge < -0.3 is 4.74 Å². The highest BCUT2D eigenvalue weighted by atomic mass is 16.5. The first kappa shape index (κ1) is 37.0. The summed E-state index contributed by atoms with van der Waals surface area (Å²) in [5.41, 5.74) is 1.98. The molecule has 0 bridgehead atoms. The summed E-state index contributed by atoms with van der Waals surface area (Å²) in [7, 11) is 0. The summed E-state index contributed by atoms with van der Waals surface area (Å²) in [5.74, 6) is 7.27. The van der Waals surface area contributed by atoms with E-state index in [1.165, 1.54) is 128 Å². The lowest BCUT2D eigenvalue weighted by Crippen LogP contribution is -2.49. The maximum atomic E-state index is 12.8. The number of carbonyl (C=O) groups excluding carboxylic acids is 1. The van der Waals surface area contributed by atoms with Gasteiger partial charge in [0, 0.05) is 12.8 Å². The lowest BCUT2D eigenvalue weighted by atomic mass is 9.49. The van der Waals surface area contributed by atoms with E-state index in [2.05, 4.69) is 47.6 Å². The molecule has 9 atom stereocenters. The highest BCUT2D eigenvalue weighted by Gasteiger charge is 2.56. The molecule has 4 aliphatic carbocycles. The van der Waals surface area contributed by atoms with Gasteiger partial charge in [0.25, 0.3) is 0 Å². The van der Waals surface area contributed by atoms with Crippen LogP contribution in [0.4, 0.5) is 0 Å². The Morgan fingerprint density at radius 2 is 1.44 bits per heavy atom. The van der Waals surface area contributed by atoms with E-state index >= 15 is 0 Å². The topological polar surface area (TPSA) is 26.3 Å². The van der Waals surface area contributed by atoms with E-state index in [1.807, 2.05) is 0 Å². The molecule has 0 spiro atoms. The normalized spacial score (nSPS) is 33.3. The molecule has 260 valence electrons. The summed E-state index contributed by atoms with van der Waals surface area (Å²) in [6.45, 7) is 14.8. The van der Waals surface area contributed by atoms with Gasteiger partial charge >= 0.3 is 5.97 Å². The van der Waals surface area contributed by atoms with Crippen molar-refractivity contribution in [1.29, 1.82) is 0 Å². The zero-order chi connectivity index (χ0) is 32.2. The van der Waals surface area contributed by atoms with E-state index in [0.717, 1.165) is 66.6 Å². The fourth-order valence-electron chi connectivity index (χ4n) is 10.8. The fourth-order valence-corrected chi connectivity index (χ4v) is 10.8. The average Bonchev–Trinajstić information content (AvgIpc) is 3.47. The molecule has 2 heteroatoms. The summed E-state index contributed by atoms with van der Waals surface area (Å²) < 4.78 is 6.13. The summed E-state index contributed by atoms with van der Waals surface area (Å²) in [5, 5.41) is 0. The number of rotatable bonds is 20. The summed E-state index contributed by atoms with van der Waals surface area (Å²) in [4.78, 5) is 12.8. The Morgan fingerprint density at radius 1 is 0.822 bits per heavy atom. The van der Waals surface area contributed by atoms with Crippen LogP contribution in [0.2, 0.25) is 0 Å². The summed E-state index contributed by atoms with van der Waals surface area (Å²) >= 11 is 0. The minimum absolute atomic E-state index is 0.0644. The number of fused-ring (bicyclic) bond motifs is 5. The smallest absolute Gasteiger partial charge is 0.306 e. The Bertz CT molecular complexity index is 888. The fraction of sp³-hybridized carbons (Fsp3) is 0.930. The van der Waals surface area contributed by atoms with Crippen LogP contribution in [0.25, 0.3) is 0 Å². The molecule has 0 heterocycles. The second kappa shape index (κ2) is 18.7. The average molecular weight is 625 g/mol. The molecule has 3 fully saturated rings. The van der Waals surface area contributed by atoms with Gasteiger partial charge in [0.05, 0.1) is 0 Å². The van der Waals surface area contributed by atoms with E-state index in [1.54, 1.807) is 5.57 Å². The second-order valence-corrected chi connectivity index (χ2v) is 17.6. The molecule has 9 unspecified atom stereocenters. The van der Waals surface area contributed by atoms with Crippen LogP contribution >= 0.6 is 0 Å². The van der Waals surface area contributed by atoms with Crippen LogP contribution < -0.4 is 0 Å². The molecule has 0 N–H and O–H groups in total. The van der Waals surface area contributed by atoms with Gasteiger partial charge in [0.15, 0.2) is 0 Å². The SMILES string of the molecule is CCCCCCCCCCCCCCCC(=O)OC1CCC2(C)C(=CCC3C4CC(C(C)CCCC(C)C)CC4C(C)CC32)C1. The maximum Gasteiger partial charge on any atom is 0.306 e. The number of hydrogen-bond acceptors (Lipinski definition) is 2. The second-order valence-electron chi connectivity index (χ2n) is 17.6. The molecule has 0 aromatic heterocycles. The van der Waals surface area contributed by atoms with Crippen LogP contribution in [0.15, 0.2) is 11.6 Å². The van der Waals surface area contributed by atoms with Gasteiger partial charge in [0.1, 0.15) is 6.10 Å². The van der Waals surface area contributed by atoms with E-state index in [-0.39, 0.29) is 12.1 Å². The third kappa shape index (κ3) is 10.6. The van der Waals surface area contributed by atoms with E-state index < -0.39 is 0 Å². The molecular weight excluding hydrogens is 548 g/mol. The van der Waals surface area contributed by atoms with Gasteiger partial charge in [-0.05, 0) is 97.7 Å². The first-order valence-electron chi connectivity index (χ1n) is 20.6. The lowest BCUT2D eigenvalue weighted by molar-refractivity contribution is -0.151. The molecule has 45 heavy (non-hydrogen) atoms. The Labute approximate surface area is 281 Å². The zero-order valence-corrected chi connectivity index (χ0v) is 31.1. The van der Waals surface area contributed by atoms with Crippen molar-refractivity contribution < 1.29 is 9.53 Å². The van der Waals surface area contributed by atoms with Gasteiger partial charge in [-0.25, -0.2) is 0 Å². The van der Waals surface area contributed by atoms with Crippen molar-refractivity contribution >= 4 is 5.97 Å². The Morgan fingerprint density at radius 3 is 2.09 bits per heavy atom. The molecule has 0 aromatic carbocycles. The quantitative estimate of drug-likeness (QED) is 0.0765. The van der Waals surface area contributed by atoms with Crippen LogP contribution in [-0.4, -0.2) is 12.1 Å². The van der Waals surface area contributed by atoms with E-state index in [9.17, 15) is 4.79 Å². The third-order valence-corrected chi connectivity index (χ3v) is 13.8. The third-order valence-electron chi connectivity index (χ3n) is 13.8. The summed E-state index contributed by atoms with van der Waals surface area (Å²) in [6.07, 6.45) is 34.1. The van der Waals surface area contributed by atoms with Crippen molar-refractivity contribution in [2.45, 2.75) is 202 Å². The monoisotopic (exact) mass is 625 g/mol. The minimum atomic E-state index is 0.0644. The van der Waals surface area contributed by atoms with Crippen molar-refractivity contribution in [3.63, 3.8) is 0 Å². The molecule has 4 rings (SSSR count). The van der Waals surface area contributed by atoms with Crippen LogP contribution in [0.3, 0.4) is 0 Å². The van der Waals surface area contributed by atoms with Crippen LogP contribution in [0.5, 0.6) is 0 Å². The van der Waals surface area contributed by atoms with E-state index in [4.69, 9.17) is 4.74 Å². The highest BCUT2D eigenvalue weighted by Crippen LogP contribution is 2.64. The molecule has 0 saturated heterocycles. The molecule has 0 radical (unpaired) electrons. The van der Waals surface area contributed by atoms with Crippen molar-refractivity contribution in [2.75, 3.05) is 0 Å². The molecule has 3 saturated carbocycles. The predicted molar refractivity (Wildman–Crippen MR) is 193 cm³/mol. The van der Waals surface area contributed by atoms with Crippen LogP contribution in [0.1, 0.15) is 196 Å². The molecule has 2 nitrogen and oxygen atoms in total. The molecule has 0 amide bonds. The Kier molecular flexibility index (Phi) is 15.4. The lowest BCUT2D eigenvalue weighted by Gasteiger charge is -2.56. The molecular formula is C43H76O2. The van der Waals surface area contributed by atoms with Gasteiger partial charge in [-0.15, -0.1) is 0 Å². The Balaban J connectivity index is 1.14. The minimum Gasteiger partial charge on any atom is -0.462 e. The first-order valence-corrected chi connectivity index (χ1v) is 20.6. The number of ether oxygens (including phenoxy) is 1. The van der Waals surface area contributed by atoms with Crippen molar-refractivity contribution in [3.8, 4) is 0 Å². The van der Waals surface area contributed by atoms with Gasteiger partial charge in [-0.3, -0.25) is 4.79 Å². The van der Waals surface area contributed by atoms with Gasteiger partial charge in [-0.2, -0.15) is 0 Å². The first-order chi connectivity index (χ1) is 21.7. The van der Waals surface area contributed by atoms with Gasteiger partial charge in [-0.1, -0.05) is 150 Å². The van der Waals surface area contributed by atoms with Crippen LogP contribution in [-0.2, 0) is 9.53 Å². The number of esters is 1. The maximum absolute atomic E-state index is 12.8. The number of carbonyl (C=O) groups is 1. The highest BCUT2D eigenvalue weighted by molar-refractivity contribution is 5.69. The molecule has 0 aromatic rings. The molecule has 0 aliphatic heterocycles. The number of allylic oxidation sites excluding steroid dienone is 1. The zero-order valence-electron chi connectivity index (χ0n) is 31.1. The van der Waals surface area contributed by atoms with Crippen molar-refractivity contribution in [3.05, 3.63) is 11.6 Å². The van der Waals surface area contributed by atoms with Crippen molar-refractivity contribution in [1.82, 2.24) is 0 Å². The number of unbranched alkanes of at least 4 members (excludes halogenated alkanes) is 12. The van der Waals surface area contributed by atoms with E-state index in [0.29, 0.717) is 11.8 Å². The predicted octanol–water partition coefficient (Wildman–Crippen LogP) is 13.3. The summed E-state index contributed by atoms with van der Waals surface area (Å²) in [6, 6.07) is 0. The van der Waals surface area contributed by atoms with Crippen LogP contribution in [0, 0.1) is 52.8 Å². The number of hydrogen-bond donors (Lipinski definition) is 0. The largest absolute Gasteiger partial charge is 0.462 e. The van der Waals surface area contributed by atoms with Gasteiger partial charge in [0.2, 0.25) is 0 Å². The Hall–Kier alpha value is -0.790. The van der Waals surface area contributed by atoms with Crippen molar-refractivity contribution in [2.24, 2.45) is 52.8 Å². The standard InChI is InChI=1S/C43H76O2/c1-7-8-9-10-11-12-13-14-15-16-17-18-19-23-42(44)45-37-26-27-43(6)36(31-37)24-25-38-40-30-35(33(4)22-20-21-32(2)3)29-39(40)34(5)28-41(38)43/h24,32-35,37-41H,7-23,25-31H2,1-6H3. The molecule has 4 aliphatic rings.